The number of halogens is 2. The number of rotatable bonds is 3. The fourth-order valence-electron chi connectivity index (χ4n) is 2.97. The molecule has 1 heterocycles. The SMILES string of the molecule is CC1CCCCCN1C(CN)c1ccc(Cl)cc1F. The van der Waals surface area contributed by atoms with Gasteiger partial charge in [-0.05, 0) is 38.4 Å². The van der Waals surface area contributed by atoms with Crippen LogP contribution in [0.2, 0.25) is 5.02 Å². The van der Waals surface area contributed by atoms with Crippen molar-refractivity contribution in [2.45, 2.75) is 44.7 Å². The van der Waals surface area contributed by atoms with E-state index in [1.165, 1.54) is 18.9 Å². The van der Waals surface area contributed by atoms with Crippen LogP contribution in [0.4, 0.5) is 4.39 Å². The first-order valence-corrected chi connectivity index (χ1v) is 7.42. The van der Waals surface area contributed by atoms with Crippen molar-refractivity contribution < 1.29 is 4.39 Å². The van der Waals surface area contributed by atoms with Crippen molar-refractivity contribution in [2.24, 2.45) is 5.73 Å². The molecule has 2 unspecified atom stereocenters. The van der Waals surface area contributed by atoms with E-state index in [-0.39, 0.29) is 11.9 Å². The summed E-state index contributed by atoms with van der Waals surface area (Å²) >= 11 is 5.82. The van der Waals surface area contributed by atoms with Gasteiger partial charge in [-0.1, -0.05) is 30.5 Å². The monoisotopic (exact) mass is 284 g/mol. The maximum Gasteiger partial charge on any atom is 0.129 e. The second-order valence-corrected chi connectivity index (χ2v) is 5.79. The molecule has 2 N–H and O–H groups in total. The summed E-state index contributed by atoms with van der Waals surface area (Å²) in [6.07, 6.45) is 4.82. The zero-order chi connectivity index (χ0) is 13.8. The van der Waals surface area contributed by atoms with Crippen LogP contribution in [-0.4, -0.2) is 24.0 Å². The van der Waals surface area contributed by atoms with E-state index in [4.69, 9.17) is 17.3 Å². The Balaban J connectivity index is 2.27. The summed E-state index contributed by atoms with van der Waals surface area (Å²) in [6, 6.07) is 5.29. The Morgan fingerprint density at radius 2 is 2.21 bits per heavy atom. The summed E-state index contributed by atoms with van der Waals surface area (Å²) in [5.41, 5.74) is 6.58. The average molecular weight is 285 g/mol. The maximum atomic E-state index is 14.1. The first-order chi connectivity index (χ1) is 9.13. The molecule has 0 amide bonds. The second kappa shape index (κ2) is 6.69. The molecule has 2 nitrogen and oxygen atoms in total. The molecular formula is C15H22ClFN2. The molecular weight excluding hydrogens is 263 g/mol. The third-order valence-electron chi connectivity index (χ3n) is 4.05. The van der Waals surface area contributed by atoms with Crippen molar-refractivity contribution in [1.82, 2.24) is 4.90 Å². The number of benzene rings is 1. The summed E-state index contributed by atoms with van der Waals surface area (Å²) in [6.45, 7) is 3.63. The lowest BCUT2D eigenvalue weighted by Gasteiger charge is -2.35. The van der Waals surface area contributed by atoms with E-state index in [1.54, 1.807) is 12.1 Å². The Kier molecular flexibility index (Phi) is 5.20. The zero-order valence-electron chi connectivity index (χ0n) is 11.4. The molecule has 0 bridgehead atoms. The van der Waals surface area contributed by atoms with Crippen LogP contribution in [0.5, 0.6) is 0 Å². The van der Waals surface area contributed by atoms with Crippen LogP contribution in [-0.2, 0) is 0 Å². The van der Waals surface area contributed by atoms with Crippen LogP contribution < -0.4 is 5.73 Å². The molecule has 0 saturated carbocycles. The minimum atomic E-state index is -0.251. The number of hydrogen-bond acceptors (Lipinski definition) is 2. The molecule has 2 rings (SSSR count). The topological polar surface area (TPSA) is 29.3 Å². The van der Waals surface area contributed by atoms with Gasteiger partial charge >= 0.3 is 0 Å². The van der Waals surface area contributed by atoms with Crippen molar-refractivity contribution in [2.75, 3.05) is 13.1 Å². The van der Waals surface area contributed by atoms with Crippen LogP contribution >= 0.6 is 11.6 Å². The molecule has 106 valence electrons. The summed E-state index contributed by atoms with van der Waals surface area (Å²) in [5.74, 6) is -0.251. The van der Waals surface area contributed by atoms with Crippen LogP contribution in [0.25, 0.3) is 0 Å². The first-order valence-electron chi connectivity index (χ1n) is 7.04. The van der Waals surface area contributed by atoms with Crippen LogP contribution in [0.3, 0.4) is 0 Å². The highest BCUT2D eigenvalue weighted by molar-refractivity contribution is 6.30. The molecule has 2 atom stereocenters. The lowest BCUT2D eigenvalue weighted by Crippen LogP contribution is -2.40. The largest absolute Gasteiger partial charge is 0.329 e. The van der Waals surface area contributed by atoms with Gasteiger partial charge in [0.05, 0.1) is 6.04 Å². The maximum absolute atomic E-state index is 14.1. The van der Waals surface area contributed by atoms with Crippen molar-refractivity contribution in [3.8, 4) is 0 Å². The Hall–Kier alpha value is -0.640. The van der Waals surface area contributed by atoms with E-state index in [0.29, 0.717) is 23.2 Å². The Labute approximate surface area is 119 Å². The van der Waals surface area contributed by atoms with Gasteiger partial charge in [0.2, 0.25) is 0 Å². The van der Waals surface area contributed by atoms with Gasteiger partial charge in [0, 0.05) is 23.2 Å². The molecule has 1 fully saturated rings. The predicted octanol–water partition coefficient (Wildman–Crippen LogP) is 3.74. The summed E-state index contributed by atoms with van der Waals surface area (Å²) in [4.78, 5) is 2.35. The fraction of sp³-hybridized carbons (Fsp3) is 0.600. The molecule has 1 aliphatic rings. The summed E-state index contributed by atoms with van der Waals surface area (Å²) in [5, 5.41) is 0.431. The molecule has 0 spiro atoms. The Bertz CT molecular complexity index is 425. The van der Waals surface area contributed by atoms with Gasteiger partial charge in [-0.15, -0.1) is 0 Å². The first kappa shape index (κ1) is 14.8. The van der Waals surface area contributed by atoms with E-state index >= 15 is 0 Å². The highest BCUT2D eigenvalue weighted by Crippen LogP contribution is 2.29. The number of nitrogens with zero attached hydrogens (tertiary/aromatic N) is 1. The lowest BCUT2D eigenvalue weighted by atomic mass is 10.0. The number of nitrogens with two attached hydrogens (primary N) is 1. The molecule has 0 aliphatic carbocycles. The van der Waals surface area contributed by atoms with Gasteiger partial charge in [-0.3, -0.25) is 4.90 Å². The number of likely N-dealkylation sites (tertiary alicyclic amines) is 1. The van der Waals surface area contributed by atoms with Crippen molar-refractivity contribution >= 4 is 11.6 Å². The second-order valence-electron chi connectivity index (χ2n) is 5.35. The molecule has 19 heavy (non-hydrogen) atoms. The molecule has 1 aromatic carbocycles. The highest BCUT2D eigenvalue weighted by atomic mass is 35.5. The minimum Gasteiger partial charge on any atom is -0.329 e. The zero-order valence-corrected chi connectivity index (χ0v) is 12.2. The van der Waals surface area contributed by atoms with Crippen LogP contribution in [0, 0.1) is 5.82 Å². The Morgan fingerprint density at radius 3 is 2.89 bits per heavy atom. The van der Waals surface area contributed by atoms with Gasteiger partial charge in [0.1, 0.15) is 5.82 Å². The lowest BCUT2D eigenvalue weighted by molar-refractivity contribution is 0.148. The molecule has 4 heteroatoms. The molecule has 0 radical (unpaired) electrons. The van der Waals surface area contributed by atoms with E-state index < -0.39 is 0 Å². The quantitative estimate of drug-likeness (QED) is 0.916. The standard InChI is InChI=1S/C15H22ClFN2/c1-11-5-3-2-4-8-19(11)15(10-18)13-7-6-12(16)9-14(13)17/h6-7,9,11,15H,2-5,8,10,18H2,1H3. The minimum absolute atomic E-state index is 0.0506. The third kappa shape index (κ3) is 3.47. The average Bonchev–Trinajstić information content (AvgIpc) is 2.58. The van der Waals surface area contributed by atoms with Crippen molar-refractivity contribution in [3.63, 3.8) is 0 Å². The van der Waals surface area contributed by atoms with E-state index in [1.807, 2.05) is 0 Å². The fourth-order valence-corrected chi connectivity index (χ4v) is 3.13. The predicted molar refractivity (Wildman–Crippen MR) is 77.8 cm³/mol. The van der Waals surface area contributed by atoms with Crippen molar-refractivity contribution in [1.29, 1.82) is 0 Å². The smallest absolute Gasteiger partial charge is 0.129 e. The van der Waals surface area contributed by atoms with Crippen molar-refractivity contribution in [3.05, 3.63) is 34.6 Å². The Morgan fingerprint density at radius 1 is 1.42 bits per heavy atom. The van der Waals surface area contributed by atoms with Gasteiger partial charge in [-0.2, -0.15) is 0 Å². The molecule has 0 aromatic heterocycles. The molecule has 1 aliphatic heterocycles. The van der Waals surface area contributed by atoms with Crippen LogP contribution in [0.15, 0.2) is 18.2 Å². The normalized spacial score (nSPS) is 23.1. The van der Waals surface area contributed by atoms with Gasteiger partial charge in [0.25, 0.3) is 0 Å². The molecule has 1 saturated heterocycles. The highest BCUT2D eigenvalue weighted by Gasteiger charge is 2.27. The summed E-state index contributed by atoms with van der Waals surface area (Å²) < 4.78 is 14.1. The molecule has 1 aromatic rings. The van der Waals surface area contributed by atoms with E-state index in [9.17, 15) is 4.39 Å². The van der Waals surface area contributed by atoms with Gasteiger partial charge in [0.15, 0.2) is 0 Å². The third-order valence-corrected chi connectivity index (χ3v) is 4.28. The number of hydrogen-bond donors (Lipinski definition) is 1. The van der Waals surface area contributed by atoms with Gasteiger partial charge in [-0.25, -0.2) is 4.39 Å². The van der Waals surface area contributed by atoms with E-state index in [0.717, 1.165) is 19.4 Å². The summed E-state index contributed by atoms with van der Waals surface area (Å²) in [7, 11) is 0. The van der Waals surface area contributed by atoms with E-state index in [2.05, 4.69) is 11.8 Å². The van der Waals surface area contributed by atoms with Crippen LogP contribution in [0.1, 0.15) is 44.2 Å². The van der Waals surface area contributed by atoms with Gasteiger partial charge < -0.3 is 5.73 Å².